The molecule has 0 aliphatic heterocycles. The Hall–Kier alpha value is -2.25. The monoisotopic (exact) mass is 351 g/mol. The van der Waals surface area contributed by atoms with Crippen molar-refractivity contribution in [2.24, 2.45) is 0 Å². The number of benzene rings is 2. The van der Waals surface area contributed by atoms with Gasteiger partial charge in [-0.1, -0.05) is 18.2 Å². The first-order valence-electron chi connectivity index (χ1n) is 7.19. The van der Waals surface area contributed by atoms with E-state index in [1.54, 1.807) is 6.92 Å². The van der Waals surface area contributed by atoms with E-state index in [-0.39, 0.29) is 16.3 Å². The summed E-state index contributed by atoms with van der Waals surface area (Å²) < 4.78 is 44.4. The highest BCUT2D eigenvalue weighted by molar-refractivity contribution is 7.89. The van der Waals surface area contributed by atoms with Crippen LogP contribution in [0.15, 0.2) is 53.4 Å². The molecule has 5 nitrogen and oxygen atoms in total. The normalized spacial score (nSPS) is 12.9. The minimum atomic E-state index is -3.83. The fraction of sp³-hybridized carbons (Fsp3) is 0.235. The largest absolute Gasteiger partial charge is 0.465 e. The lowest BCUT2D eigenvalue weighted by molar-refractivity contribution is 0.0600. The van der Waals surface area contributed by atoms with E-state index in [0.717, 1.165) is 0 Å². The number of carbonyl (C=O) groups excluding carboxylic acids is 1. The summed E-state index contributed by atoms with van der Waals surface area (Å²) in [5.74, 6) is -0.997. The zero-order valence-electron chi connectivity index (χ0n) is 13.6. The maximum Gasteiger partial charge on any atom is 0.337 e. The number of halogens is 1. The first kappa shape index (κ1) is 18.1. The highest BCUT2D eigenvalue weighted by atomic mass is 32.2. The highest BCUT2D eigenvalue weighted by Crippen LogP contribution is 2.26. The van der Waals surface area contributed by atoms with Crippen molar-refractivity contribution in [3.8, 4) is 0 Å². The summed E-state index contributed by atoms with van der Waals surface area (Å²) >= 11 is 0. The number of rotatable bonds is 5. The molecule has 0 saturated carbocycles. The fourth-order valence-corrected chi connectivity index (χ4v) is 3.62. The van der Waals surface area contributed by atoms with Crippen molar-refractivity contribution in [2.45, 2.75) is 17.9 Å². The smallest absolute Gasteiger partial charge is 0.337 e. The Bertz CT molecular complexity index is 834. The van der Waals surface area contributed by atoms with E-state index < -0.39 is 22.0 Å². The molecule has 0 bridgehead atoms. The zero-order chi connectivity index (χ0) is 17.9. The van der Waals surface area contributed by atoms with Crippen LogP contribution in [0.2, 0.25) is 0 Å². The summed E-state index contributed by atoms with van der Waals surface area (Å²) in [6.45, 7) is 1.70. The molecular formula is C17H18FNO4S. The van der Waals surface area contributed by atoms with Gasteiger partial charge < -0.3 is 4.74 Å². The van der Waals surface area contributed by atoms with Gasteiger partial charge in [-0.15, -0.1) is 0 Å². The lowest BCUT2D eigenvalue weighted by Crippen LogP contribution is -2.30. The topological polar surface area (TPSA) is 63.7 Å². The first-order valence-corrected chi connectivity index (χ1v) is 8.63. The van der Waals surface area contributed by atoms with Gasteiger partial charge in [0.1, 0.15) is 5.82 Å². The van der Waals surface area contributed by atoms with Crippen LogP contribution >= 0.6 is 0 Å². The molecule has 0 aliphatic rings. The van der Waals surface area contributed by atoms with Gasteiger partial charge in [-0.25, -0.2) is 17.6 Å². The third-order valence-electron chi connectivity index (χ3n) is 3.83. The molecule has 1 unspecified atom stereocenters. The summed E-state index contributed by atoms with van der Waals surface area (Å²) in [7, 11) is -1.16. The summed E-state index contributed by atoms with van der Waals surface area (Å²) in [5, 5.41) is 0. The molecule has 0 radical (unpaired) electrons. The van der Waals surface area contributed by atoms with E-state index >= 15 is 0 Å². The predicted molar refractivity (Wildman–Crippen MR) is 87.5 cm³/mol. The van der Waals surface area contributed by atoms with Gasteiger partial charge in [0.15, 0.2) is 0 Å². The van der Waals surface area contributed by atoms with Gasteiger partial charge in [0.25, 0.3) is 0 Å². The molecule has 0 aromatic heterocycles. The Morgan fingerprint density at radius 2 is 1.79 bits per heavy atom. The van der Waals surface area contributed by atoms with Crippen LogP contribution in [0.1, 0.15) is 28.9 Å². The van der Waals surface area contributed by atoms with Crippen LogP contribution in [0.5, 0.6) is 0 Å². The van der Waals surface area contributed by atoms with Gasteiger partial charge in [-0.05, 0) is 42.8 Å². The number of esters is 1. The van der Waals surface area contributed by atoms with E-state index in [1.165, 1.54) is 67.0 Å². The number of ether oxygens (including phenoxy) is 1. The predicted octanol–water partition coefficient (Wildman–Crippen LogP) is 2.99. The number of hydrogen-bond donors (Lipinski definition) is 0. The third-order valence-corrected chi connectivity index (χ3v) is 5.75. The van der Waals surface area contributed by atoms with Crippen molar-refractivity contribution in [2.75, 3.05) is 14.2 Å². The molecule has 2 aromatic rings. The van der Waals surface area contributed by atoms with E-state index in [0.29, 0.717) is 5.56 Å². The van der Waals surface area contributed by atoms with Crippen LogP contribution in [-0.4, -0.2) is 32.8 Å². The van der Waals surface area contributed by atoms with Gasteiger partial charge in [-0.2, -0.15) is 4.31 Å². The summed E-state index contributed by atoms with van der Waals surface area (Å²) in [6, 6.07) is 10.8. The second-order valence-corrected chi connectivity index (χ2v) is 7.27. The lowest BCUT2D eigenvalue weighted by atomic mass is 10.1. The SMILES string of the molecule is COC(=O)c1cccc(S(=O)(=O)N(C)C(C)c2ccc(F)cc2)c1. The summed E-state index contributed by atoms with van der Waals surface area (Å²) in [5.41, 5.74) is 0.813. The minimum Gasteiger partial charge on any atom is -0.465 e. The van der Waals surface area contributed by atoms with Crippen LogP contribution in [0.25, 0.3) is 0 Å². The van der Waals surface area contributed by atoms with Crippen molar-refractivity contribution >= 4 is 16.0 Å². The van der Waals surface area contributed by atoms with Gasteiger partial charge in [0.2, 0.25) is 10.0 Å². The average molecular weight is 351 g/mol. The maximum absolute atomic E-state index is 13.0. The van der Waals surface area contributed by atoms with Crippen molar-refractivity contribution in [1.29, 1.82) is 0 Å². The Balaban J connectivity index is 2.35. The lowest BCUT2D eigenvalue weighted by Gasteiger charge is -2.25. The highest BCUT2D eigenvalue weighted by Gasteiger charge is 2.27. The third kappa shape index (κ3) is 3.63. The van der Waals surface area contributed by atoms with Crippen LogP contribution in [0.4, 0.5) is 4.39 Å². The number of sulfonamides is 1. The number of nitrogens with zero attached hydrogens (tertiary/aromatic N) is 1. The van der Waals surface area contributed by atoms with Crippen LogP contribution in [-0.2, 0) is 14.8 Å². The average Bonchev–Trinajstić information content (AvgIpc) is 2.60. The molecule has 2 rings (SSSR count). The quantitative estimate of drug-likeness (QED) is 0.777. The molecule has 24 heavy (non-hydrogen) atoms. The van der Waals surface area contributed by atoms with E-state index in [9.17, 15) is 17.6 Å². The van der Waals surface area contributed by atoms with Crippen LogP contribution in [0.3, 0.4) is 0 Å². The Morgan fingerprint density at radius 1 is 1.17 bits per heavy atom. The molecule has 0 amide bonds. The van der Waals surface area contributed by atoms with Gasteiger partial charge in [0, 0.05) is 13.1 Å². The number of hydrogen-bond acceptors (Lipinski definition) is 4. The maximum atomic E-state index is 13.0. The molecule has 0 saturated heterocycles. The second kappa shape index (κ2) is 7.11. The number of carbonyl (C=O) groups is 1. The number of methoxy groups -OCH3 is 1. The Morgan fingerprint density at radius 3 is 2.38 bits per heavy atom. The van der Waals surface area contributed by atoms with Gasteiger partial charge in [0.05, 0.1) is 17.6 Å². The second-order valence-electron chi connectivity index (χ2n) is 5.27. The fourth-order valence-electron chi connectivity index (χ4n) is 2.23. The molecule has 0 N–H and O–H groups in total. The molecule has 1 atom stereocenters. The summed E-state index contributed by atoms with van der Waals surface area (Å²) in [6.07, 6.45) is 0. The molecular weight excluding hydrogens is 333 g/mol. The molecule has 0 fully saturated rings. The summed E-state index contributed by atoms with van der Waals surface area (Å²) in [4.78, 5) is 11.6. The van der Waals surface area contributed by atoms with Crippen molar-refractivity contribution < 1.29 is 22.3 Å². The van der Waals surface area contributed by atoms with E-state index in [2.05, 4.69) is 4.74 Å². The minimum absolute atomic E-state index is 0.0122. The van der Waals surface area contributed by atoms with Crippen LogP contribution < -0.4 is 0 Å². The van der Waals surface area contributed by atoms with Crippen molar-refractivity contribution in [1.82, 2.24) is 4.31 Å². The molecule has 0 heterocycles. The molecule has 7 heteroatoms. The zero-order valence-corrected chi connectivity index (χ0v) is 14.4. The molecule has 128 valence electrons. The standard InChI is InChI=1S/C17H18FNO4S/c1-12(13-7-9-15(18)10-8-13)19(2)24(21,22)16-6-4-5-14(11-16)17(20)23-3/h4-12H,1-3H3. The Kier molecular flexibility index (Phi) is 5.36. The Labute approximate surface area is 140 Å². The molecule has 2 aromatic carbocycles. The van der Waals surface area contributed by atoms with E-state index in [1.807, 2.05) is 0 Å². The van der Waals surface area contributed by atoms with Crippen molar-refractivity contribution in [3.63, 3.8) is 0 Å². The van der Waals surface area contributed by atoms with Gasteiger partial charge in [-0.3, -0.25) is 0 Å². The first-order chi connectivity index (χ1) is 11.3. The van der Waals surface area contributed by atoms with Crippen LogP contribution in [0, 0.1) is 5.82 Å². The van der Waals surface area contributed by atoms with E-state index in [4.69, 9.17) is 0 Å². The molecule has 0 spiro atoms. The molecule has 0 aliphatic carbocycles. The van der Waals surface area contributed by atoms with Gasteiger partial charge >= 0.3 is 5.97 Å². The van der Waals surface area contributed by atoms with Crippen molar-refractivity contribution in [3.05, 3.63) is 65.5 Å².